The van der Waals surface area contributed by atoms with Gasteiger partial charge in [0.25, 0.3) is 0 Å². The predicted molar refractivity (Wildman–Crippen MR) is 107 cm³/mol. The van der Waals surface area contributed by atoms with E-state index in [2.05, 4.69) is 10.0 Å². The number of hydrogen-bond donors (Lipinski definition) is 3. The highest BCUT2D eigenvalue weighted by Crippen LogP contribution is 2.32. The highest BCUT2D eigenvalue weighted by Gasteiger charge is 2.25. The molecule has 0 aromatic heterocycles. The fourth-order valence-corrected chi connectivity index (χ4v) is 5.22. The van der Waals surface area contributed by atoms with Crippen LogP contribution in [0.5, 0.6) is 0 Å². The van der Waals surface area contributed by atoms with Crippen molar-refractivity contribution >= 4 is 50.5 Å². The number of rotatable bonds is 9. The molecule has 0 amide bonds. The normalized spacial score (nSPS) is 12.8. The molecule has 0 aliphatic carbocycles. The van der Waals surface area contributed by atoms with Crippen LogP contribution in [0.25, 0.3) is 0 Å². The van der Waals surface area contributed by atoms with Crippen LogP contribution in [0.15, 0.2) is 47.4 Å². The summed E-state index contributed by atoms with van der Waals surface area (Å²) in [6.07, 6.45) is 0.893. The number of anilines is 1. The molecule has 0 aliphatic rings. The molecule has 2 aromatic rings. The van der Waals surface area contributed by atoms with E-state index in [0.717, 1.165) is 5.69 Å². The van der Waals surface area contributed by atoms with E-state index in [4.69, 9.17) is 39.9 Å². The zero-order valence-electron chi connectivity index (χ0n) is 13.8. The van der Waals surface area contributed by atoms with Crippen LogP contribution in [0.3, 0.4) is 0 Å². The molecule has 0 saturated heterocycles. The summed E-state index contributed by atoms with van der Waals surface area (Å²) in [7, 11) is -3.97. The van der Waals surface area contributed by atoms with Gasteiger partial charge in [-0.15, -0.1) is 0 Å². The second kappa shape index (κ2) is 9.78. The summed E-state index contributed by atoms with van der Waals surface area (Å²) in [6, 6.07) is 11.6. The first-order valence-electron chi connectivity index (χ1n) is 7.90. The number of nitrogens with one attached hydrogen (secondary N) is 2. The maximum atomic E-state index is 12.8. The molecule has 0 bridgehead atoms. The molecule has 142 valence electrons. The smallest absolute Gasteiger partial charge is 0.243 e. The van der Waals surface area contributed by atoms with Crippen molar-refractivity contribution in [2.45, 2.75) is 23.8 Å². The molecule has 26 heavy (non-hydrogen) atoms. The molecular formula is C17H19Cl3N2O3S. The Kier molecular flexibility index (Phi) is 8.01. The van der Waals surface area contributed by atoms with E-state index in [9.17, 15) is 8.42 Å². The van der Waals surface area contributed by atoms with Gasteiger partial charge >= 0.3 is 0 Å². The van der Waals surface area contributed by atoms with E-state index in [1.165, 1.54) is 12.1 Å². The third-order valence-corrected chi connectivity index (χ3v) is 6.25. The van der Waals surface area contributed by atoms with E-state index in [1.807, 2.05) is 30.3 Å². The Morgan fingerprint density at radius 2 is 1.65 bits per heavy atom. The van der Waals surface area contributed by atoms with Gasteiger partial charge in [-0.1, -0.05) is 53.0 Å². The van der Waals surface area contributed by atoms with E-state index >= 15 is 0 Å². The lowest BCUT2D eigenvalue weighted by Crippen LogP contribution is -2.40. The predicted octanol–water partition coefficient (Wildman–Crippen LogP) is 4.18. The number of halogens is 3. The molecule has 2 rings (SSSR count). The van der Waals surface area contributed by atoms with E-state index in [0.29, 0.717) is 19.4 Å². The van der Waals surface area contributed by atoms with Gasteiger partial charge in [0.2, 0.25) is 10.0 Å². The lowest BCUT2D eigenvalue weighted by Gasteiger charge is -2.20. The lowest BCUT2D eigenvalue weighted by molar-refractivity contribution is 0.278. The Balaban J connectivity index is 2.18. The monoisotopic (exact) mass is 436 g/mol. The highest BCUT2D eigenvalue weighted by molar-refractivity contribution is 7.89. The van der Waals surface area contributed by atoms with E-state index in [1.54, 1.807) is 0 Å². The number of para-hydroxylation sites is 1. The van der Waals surface area contributed by atoms with Gasteiger partial charge in [0, 0.05) is 29.9 Å². The average molecular weight is 438 g/mol. The summed E-state index contributed by atoms with van der Waals surface area (Å²) in [5.41, 5.74) is 0.864. The Morgan fingerprint density at radius 1 is 1.04 bits per heavy atom. The molecule has 2 aromatic carbocycles. The van der Waals surface area contributed by atoms with Crippen LogP contribution in [0.1, 0.15) is 12.8 Å². The fraction of sp³-hybridized carbons (Fsp3) is 0.294. The number of benzene rings is 2. The van der Waals surface area contributed by atoms with Crippen LogP contribution in [-0.2, 0) is 10.0 Å². The molecule has 0 aliphatic heterocycles. The van der Waals surface area contributed by atoms with Crippen molar-refractivity contribution in [1.29, 1.82) is 0 Å². The molecule has 3 N–H and O–H groups in total. The molecule has 5 nitrogen and oxygen atoms in total. The van der Waals surface area contributed by atoms with Crippen LogP contribution >= 0.6 is 34.8 Å². The zero-order valence-corrected chi connectivity index (χ0v) is 16.8. The fourth-order valence-electron chi connectivity index (χ4n) is 2.40. The Morgan fingerprint density at radius 3 is 2.23 bits per heavy atom. The van der Waals surface area contributed by atoms with Crippen LogP contribution < -0.4 is 10.0 Å². The minimum atomic E-state index is -3.97. The maximum absolute atomic E-state index is 12.8. The molecule has 0 spiro atoms. The quantitative estimate of drug-likeness (QED) is 0.550. The third kappa shape index (κ3) is 6.01. The van der Waals surface area contributed by atoms with Gasteiger partial charge in [-0.05, 0) is 37.1 Å². The van der Waals surface area contributed by atoms with Crippen molar-refractivity contribution in [3.05, 3.63) is 57.5 Å². The van der Waals surface area contributed by atoms with E-state index in [-0.39, 0.29) is 26.6 Å². The van der Waals surface area contributed by atoms with Crippen LogP contribution in [-0.4, -0.2) is 32.7 Å². The first kappa shape index (κ1) is 21.3. The largest absolute Gasteiger partial charge is 0.396 e. The Labute approximate surface area is 168 Å². The maximum Gasteiger partial charge on any atom is 0.243 e. The third-order valence-electron chi connectivity index (χ3n) is 3.59. The van der Waals surface area contributed by atoms with Gasteiger partial charge in [0.05, 0.1) is 10.0 Å². The second-order valence-electron chi connectivity index (χ2n) is 5.63. The highest BCUT2D eigenvalue weighted by atomic mass is 35.5. The van der Waals surface area contributed by atoms with Crippen molar-refractivity contribution in [1.82, 2.24) is 4.72 Å². The molecule has 1 atom stereocenters. The Hall–Kier alpha value is -1.02. The van der Waals surface area contributed by atoms with Crippen LogP contribution in [0.4, 0.5) is 5.69 Å². The van der Waals surface area contributed by atoms with Gasteiger partial charge in [0.1, 0.15) is 4.90 Å². The molecule has 1 unspecified atom stereocenters. The molecule has 0 saturated carbocycles. The molecule has 0 fully saturated rings. The van der Waals surface area contributed by atoms with Gasteiger partial charge < -0.3 is 10.4 Å². The minimum Gasteiger partial charge on any atom is -0.396 e. The number of aliphatic hydroxyl groups is 1. The summed E-state index contributed by atoms with van der Waals surface area (Å²) in [6.45, 7) is 0.304. The van der Waals surface area contributed by atoms with Crippen molar-refractivity contribution < 1.29 is 13.5 Å². The topological polar surface area (TPSA) is 78.4 Å². The molecule has 0 radical (unpaired) electrons. The van der Waals surface area contributed by atoms with Crippen molar-refractivity contribution in [2.24, 2.45) is 0 Å². The summed E-state index contributed by atoms with van der Waals surface area (Å²) < 4.78 is 28.1. The van der Waals surface area contributed by atoms with E-state index < -0.39 is 16.1 Å². The molecule has 0 heterocycles. The van der Waals surface area contributed by atoms with Gasteiger partial charge in [0.15, 0.2) is 0 Å². The standard InChI is InChI=1S/C17H19Cl3N2O3S/c18-12-9-15(19)17(16(20)10-12)26(24,25)22-14(7-4-8-23)11-21-13-5-2-1-3-6-13/h1-3,5-6,9-10,14,21-23H,4,7-8,11H2. The summed E-state index contributed by atoms with van der Waals surface area (Å²) in [5.74, 6) is 0. The first-order chi connectivity index (χ1) is 12.3. The van der Waals surface area contributed by atoms with Gasteiger partial charge in [-0.2, -0.15) is 0 Å². The van der Waals surface area contributed by atoms with Gasteiger partial charge in [-0.25, -0.2) is 13.1 Å². The molecular weight excluding hydrogens is 419 g/mol. The number of hydrogen-bond acceptors (Lipinski definition) is 4. The SMILES string of the molecule is O=S(=O)(NC(CCCO)CNc1ccccc1)c1c(Cl)cc(Cl)cc1Cl. The summed E-state index contributed by atoms with van der Waals surface area (Å²) in [5, 5.41) is 12.4. The number of sulfonamides is 1. The number of aliphatic hydroxyl groups excluding tert-OH is 1. The lowest BCUT2D eigenvalue weighted by atomic mass is 10.1. The van der Waals surface area contributed by atoms with Crippen molar-refractivity contribution in [3.63, 3.8) is 0 Å². The first-order valence-corrected chi connectivity index (χ1v) is 10.5. The van der Waals surface area contributed by atoms with Crippen LogP contribution in [0, 0.1) is 0 Å². The minimum absolute atomic E-state index is 0.0357. The van der Waals surface area contributed by atoms with Crippen molar-refractivity contribution in [2.75, 3.05) is 18.5 Å². The van der Waals surface area contributed by atoms with Gasteiger partial charge in [-0.3, -0.25) is 0 Å². The van der Waals surface area contributed by atoms with Crippen molar-refractivity contribution in [3.8, 4) is 0 Å². The summed E-state index contributed by atoms with van der Waals surface area (Å²) >= 11 is 17.9. The second-order valence-corrected chi connectivity index (χ2v) is 8.53. The van der Waals surface area contributed by atoms with Crippen LogP contribution in [0.2, 0.25) is 15.1 Å². The molecule has 9 heteroatoms. The Bertz CT molecular complexity index is 809. The summed E-state index contributed by atoms with van der Waals surface area (Å²) in [4.78, 5) is -0.209. The zero-order chi connectivity index (χ0) is 19.2. The average Bonchev–Trinajstić information content (AvgIpc) is 2.56.